The second kappa shape index (κ2) is 7.08. The highest BCUT2D eigenvalue weighted by molar-refractivity contribution is 8.69. The minimum absolute atomic E-state index is 0.0567. The number of fused-ring (bicyclic) bond motifs is 1. The van der Waals surface area contributed by atoms with E-state index in [0.717, 1.165) is 25.7 Å². The van der Waals surface area contributed by atoms with Gasteiger partial charge < -0.3 is 5.32 Å². The molecule has 2 N–H and O–H groups in total. The molecule has 120 valence electrons. The Balaban J connectivity index is 1.71. The van der Waals surface area contributed by atoms with Crippen molar-refractivity contribution in [2.45, 2.75) is 25.7 Å². The van der Waals surface area contributed by atoms with Crippen molar-refractivity contribution < 1.29 is 22.6 Å². The Labute approximate surface area is 128 Å². The van der Waals surface area contributed by atoms with Crippen LogP contribution in [0.5, 0.6) is 0 Å². The van der Waals surface area contributed by atoms with E-state index in [0.29, 0.717) is 30.4 Å². The second-order valence-electron chi connectivity index (χ2n) is 5.33. The normalized spacial score (nSPS) is 26.2. The van der Waals surface area contributed by atoms with Crippen LogP contribution in [0.2, 0.25) is 0 Å². The zero-order valence-corrected chi connectivity index (χ0v) is 13.3. The average molecular weight is 336 g/mol. The summed E-state index contributed by atoms with van der Waals surface area (Å²) in [5.74, 6) is -0.147. The van der Waals surface area contributed by atoms with Crippen LogP contribution >= 0.6 is 10.8 Å². The van der Waals surface area contributed by atoms with Crippen LogP contribution in [0.15, 0.2) is 0 Å². The topological polar surface area (TPSA) is 104 Å². The van der Waals surface area contributed by atoms with Crippen molar-refractivity contribution in [2.75, 3.05) is 25.4 Å². The SMILES string of the molecule is O=C1C2CCCCC2C(=O)N1CCNCCSS(=O)(=O)O. The molecule has 2 fully saturated rings. The molecule has 0 aromatic heterocycles. The fourth-order valence-electron chi connectivity index (χ4n) is 2.99. The van der Waals surface area contributed by atoms with E-state index in [1.165, 1.54) is 4.90 Å². The third kappa shape index (κ3) is 4.41. The Kier molecular flexibility index (Phi) is 5.64. The van der Waals surface area contributed by atoms with Crippen molar-refractivity contribution >= 4 is 31.8 Å². The first-order chi connectivity index (χ1) is 9.90. The first-order valence-electron chi connectivity index (χ1n) is 7.08. The fraction of sp³-hybridized carbons (Fsp3) is 0.833. The lowest BCUT2D eigenvalue weighted by Gasteiger charge is -2.19. The van der Waals surface area contributed by atoms with Crippen molar-refractivity contribution in [3.05, 3.63) is 0 Å². The maximum absolute atomic E-state index is 12.2. The van der Waals surface area contributed by atoms with Gasteiger partial charge in [-0.15, -0.1) is 0 Å². The van der Waals surface area contributed by atoms with Gasteiger partial charge in [0, 0.05) is 25.4 Å². The number of rotatable bonds is 7. The van der Waals surface area contributed by atoms with Crippen LogP contribution in [0, 0.1) is 11.8 Å². The lowest BCUT2D eigenvalue weighted by molar-refractivity contribution is -0.139. The molecular weight excluding hydrogens is 316 g/mol. The summed E-state index contributed by atoms with van der Waals surface area (Å²) in [6.07, 6.45) is 3.65. The molecule has 7 nitrogen and oxygen atoms in total. The molecule has 2 rings (SSSR count). The molecule has 0 bridgehead atoms. The molecule has 2 unspecified atom stereocenters. The zero-order chi connectivity index (χ0) is 15.5. The van der Waals surface area contributed by atoms with Gasteiger partial charge in [-0.1, -0.05) is 12.8 Å². The fourth-order valence-corrected chi connectivity index (χ4v) is 4.31. The number of nitrogens with zero attached hydrogens (tertiary/aromatic N) is 1. The van der Waals surface area contributed by atoms with Gasteiger partial charge in [-0.3, -0.25) is 19.0 Å². The number of amides is 2. The molecule has 0 aromatic rings. The van der Waals surface area contributed by atoms with Gasteiger partial charge in [0.15, 0.2) is 0 Å². The van der Waals surface area contributed by atoms with Gasteiger partial charge in [0.2, 0.25) is 11.8 Å². The molecule has 21 heavy (non-hydrogen) atoms. The maximum Gasteiger partial charge on any atom is 0.319 e. The average Bonchev–Trinajstić information content (AvgIpc) is 2.66. The number of hydrogen-bond donors (Lipinski definition) is 2. The summed E-state index contributed by atoms with van der Waals surface area (Å²) in [7, 11) is -3.55. The molecule has 0 radical (unpaired) electrons. The van der Waals surface area contributed by atoms with Crippen LogP contribution in [0.4, 0.5) is 0 Å². The minimum atomic E-state index is -4.00. The van der Waals surface area contributed by atoms with Crippen LogP contribution in [0.1, 0.15) is 25.7 Å². The van der Waals surface area contributed by atoms with Crippen LogP contribution in [0.25, 0.3) is 0 Å². The molecule has 1 heterocycles. The molecular formula is C12H20N2O5S2. The van der Waals surface area contributed by atoms with Crippen LogP contribution in [-0.2, 0) is 18.7 Å². The van der Waals surface area contributed by atoms with E-state index in [9.17, 15) is 18.0 Å². The molecule has 2 aliphatic rings. The third-order valence-electron chi connectivity index (χ3n) is 3.96. The van der Waals surface area contributed by atoms with Gasteiger partial charge in [0.25, 0.3) is 0 Å². The molecule has 9 heteroatoms. The van der Waals surface area contributed by atoms with E-state index < -0.39 is 9.15 Å². The predicted octanol–water partition coefficient (Wildman–Crippen LogP) is 0.287. The minimum Gasteiger partial charge on any atom is -0.314 e. The van der Waals surface area contributed by atoms with Gasteiger partial charge in [-0.2, -0.15) is 8.42 Å². The number of imide groups is 1. The Morgan fingerprint density at radius 2 is 1.71 bits per heavy atom. The second-order valence-corrected chi connectivity index (χ2v) is 8.80. The molecule has 1 aliphatic heterocycles. The lowest BCUT2D eigenvalue weighted by atomic mass is 9.81. The van der Waals surface area contributed by atoms with E-state index in [1.54, 1.807) is 0 Å². The van der Waals surface area contributed by atoms with Crippen LogP contribution in [-0.4, -0.2) is 55.1 Å². The van der Waals surface area contributed by atoms with E-state index in [4.69, 9.17) is 4.55 Å². The summed E-state index contributed by atoms with van der Waals surface area (Å²) >= 11 is 0. The van der Waals surface area contributed by atoms with Gasteiger partial charge in [-0.25, -0.2) is 0 Å². The molecule has 2 amide bonds. The van der Waals surface area contributed by atoms with Gasteiger partial charge >= 0.3 is 9.15 Å². The molecule has 0 spiro atoms. The van der Waals surface area contributed by atoms with Crippen molar-refractivity contribution in [1.82, 2.24) is 10.2 Å². The van der Waals surface area contributed by atoms with Gasteiger partial charge in [0.1, 0.15) is 0 Å². The number of likely N-dealkylation sites (tertiary alicyclic amines) is 1. The van der Waals surface area contributed by atoms with E-state index in [1.807, 2.05) is 0 Å². The molecule has 1 saturated heterocycles. The van der Waals surface area contributed by atoms with Crippen molar-refractivity contribution in [3.63, 3.8) is 0 Å². The summed E-state index contributed by atoms with van der Waals surface area (Å²) in [4.78, 5) is 25.7. The first-order valence-corrected chi connectivity index (χ1v) is 10.0. The smallest absolute Gasteiger partial charge is 0.314 e. The van der Waals surface area contributed by atoms with Gasteiger partial charge in [0.05, 0.1) is 11.8 Å². The van der Waals surface area contributed by atoms with Crippen molar-refractivity contribution in [1.29, 1.82) is 0 Å². The standard InChI is InChI=1S/C12H20N2O5S2/c15-11-9-3-1-2-4-10(9)12(16)14(11)7-5-13-6-8-20-21(17,18)19/h9-10,13H,1-8H2,(H,17,18,19). The highest BCUT2D eigenvalue weighted by Crippen LogP contribution is 2.37. The number of hydrogen-bond acceptors (Lipinski definition) is 6. The Morgan fingerprint density at radius 3 is 2.24 bits per heavy atom. The molecule has 2 atom stereocenters. The number of carbonyl (C=O) groups excluding carboxylic acids is 2. The number of carbonyl (C=O) groups is 2. The first kappa shape index (κ1) is 16.7. The van der Waals surface area contributed by atoms with Gasteiger partial charge in [-0.05, 0) is 23.6 Å². The lowest BCUT2D eigenvalue weighted by Crippen LogP contribution is -2.37. The number of nitrogens with one attached hydrogen (secondary N) is 1. The van der Waals surface area contributed by atoms with E-state index >= 15 is 0 Å². The molecule has 0 aromatic carbocycles. The monoisotopic (exact) mass is 336 g/mol. The summed E-state index contributed by atoms with van der Waals surface area (Å²) in [6, 6.07) is 0. The maximum atomic E-state index is 12.2. The quantitative estimate of drug-likeness (QED) is 0.298. The summed E-state index contributed by atoms with van der Waals surface area (Å²) < 4.78 is 29.5. The highest BCUT2D eigenvalue weighted by atomic mass is 33.1. The third-order valence-corrected chi connectivity index (χ3v) is 6.02. The molecule has 1 saturated carbocycles. The highest BCUT2D eigenvalue weighted by Gasteiger charge is 2.47. The van der Waals surface area contributed by atoms with E-state index in [2.05, 4.69) is 5.32 Å². The summed E-state index contributed by atoms with van der Waals surface area (Å²) in [6.45, 7) is 1.14. The Bertz CT molecular complexity index is 484. The molecule has 1 aliphatic carbocycles. The largest absolute Gasteiger partial charge is 0.319 e. The van der Waals surface area contributed by atoms with Crippen molar-refractivity contribution in [3.8, 4) is 0 Å². The summed E-state index contributed by atoms with van der Waals surface area (Å²) in [5, 5.41) is 2.96. The van der Waals surface area contributed by atoms with Crippen LogP contribution < -0.4 is 5.32 Å². The summed E-state index contributed by atoms with van der Waals surface area (Å²) in [5.41, 5.74) is 0. The Hall–Kier alpha value is -0.640. The predicted molar refractivity (Wildman–Crippen MR) is 79.0 cm³/mol. The van der Waals surface area contributed by atoms with Crippen molar-refractivity contribution in [2.24, 2.45) is 11.8 Å². The van der Waals surface area contributed by atoms with E-state index in [-0.39, 0.29) is 29.4 Å². The Morgan fingerprint density at radius 1 is 1.14 bits per heavy atom. The van der Waals surface area contributed by atoms with Crippen LogP contribution in [0.3, 0.4) is 0 Å². The zero-order valence-electron chi connectivity index (χ0n) is 11.7.